The Morgan fingerprint density at radius 1 is 1.00 bits per heavy atom. The SMILES string of the molecule is CCc1c(C(=O)C(N)=O)c2c(OOC(C)=O)nc(Sc3ccccc3)nc2n1Cc1ccccc1. The molecule has 0 aliphatic rings. The third kappa shape index (κ3) is 5.17. The minimum Gasteiger partial charge on any atom is -0.363 e. The Morgan fingerprint density at radius 2 is 1.66 bits per heavy atom. The second-order valence-electron chi connectivity index (χ2n) is 7.52. The Labute approximate surface area is 205 Å². The number of nitrogens with two attached hydrogens (primary N) is 1. The predicted molar refractivity (Wildman–Crippen MR) is 129 cm³/mol. The van der Waals surface area contributed by atoms with Crippen molar-refractivity contribution < 1.29 is 24.2 Å². The summed E-state index contributed by atoms with van der Waals surface area (Å²) in [6.07, 6.45) is 0.395. The number of primary amides is 1. The maximum absolute atomic E-state index is 13.0. The molecule has 0 saturated carbocycles. The molecule has 178 valence electrons. The van der Waals surface area contributed by atoms with Gasteiger partial charge in [-0.25, -0.2) is 14.7 Å². The summed E-state index contributed by atoms with van der Waals surface area (Å²) < 4.78 is 1.83. The van der Waals surface area contributed by atoms with Crippen molar-refractivity contribution in [3.63, 3.8) is 0 Å². The van der Waals surface area contributed by atoms with Gasteiger partial charge in [0.2, 0.25) is 0 Å². The Morgan fingerprint density at radius 3 is 2.26 bits per heavy atom. The third-order valence-electron chi connectivity index (χ3n) is 5.12. The standard InChI is InChI=1S/C25H22N4O5S/c1-3-18-19(21(31)22(26)32)20-23(29(18)14-16-10-6-4-7-11-16)27-25(28-24(20)34-33-15(2)30)35-17-12-8-5-9-13-17/h4-13H,3,14H2,1-2H3,(H2,26,32). The molecule has 10 heteroatoms. The van der Waals surface area contributed by atoms with Crippen LogP contribution in [0, 0.1) is 0 Å². The zero-order chi connectivity index (χ0) is 24.9. The second kappa shape index (κ2) is 10.4. The Balaban J connectivity index is 2.00. The van der Waals surface area contributed by atoms with Crippen molar-refractivity contribution in [1.82, 2.24) is 14.5 Å². The lowest BCUT2D eigenvalue weighted by atomic mass is 10.1. The maximum atomic E-state index is 13.0. The highest BCUT2D eigenvalue weighted by molar-refractivity contribution is 7.99. The van der Waals surface area contributed by atoms with Crippen LogP contribution in [-0.4, -0.2) is 32.2 Å². The number of ketones is 1. The summed E-state index contributed by atoms with van der Waals surface area (Å²) in [6, 6.07) is 19.1. The van der Waals surface area contributed by atoms with Crippen LogP contribution >= 0.6 is 11.8 Å². The van der Waals surface area contributed by atoms with Crippen LogP contribution in [0.3, 0.4) is 0 Å². The van der Waals surface area contributed by atoms with Gasteiger partial charge >= 0.3 is 5.97 Å². The summed E-state index contributed by atoms with van der Waals surface area (Å²) in [4.78, 5) is 56.4. The van der Waals surface area contributed by atoms with E-state index in [1.54, 1.807) is 0 Å². The van der Waals surface area contributed by atoms with E-state index in [9.17, 15) is 14.4 Å². The van der Waals surface area contributed by atoms with Gasteiger partial charge in [-0.1, -0.05) is 55.5 Å². The molecule has 2 heterocycles. The number of Topliss-reactive ketones (excluding diaryl/α,β-unsaturated/α-hetero) is 1. The minimum atomic E-state index is -1.13. The van der Waals surface area contributed by atoms with Gasteiger partial charge in [-0.15, -0.1) is 0 Å². The Bertz CT molecular complexity index is 1400. The monoisotopic (exact) mass is 490 g/mol. The molecular weight excluding hydrogens is 468 g/mol. The second-order valence-corrected chi connectivity index (χ2v) is 8.56. The average Bonchev–Trinajstić information content (AvgIpc) is 3.16. The van der Waals surface area contributed by atoms with Crippen molar-refractivity contribution in [2.45, 2.75) is 36.9 Å². The topological polar surface area (TPSA) is 126 Å². The summed E-state index contributed by atoms with van der Waals surface area (Å²) in [5.74, 6) is -2.90. The van der Waals surface area contributed by atoms with E-state index in [1.807, 2.05) is 72.2 Å². The van der Waals surface area contributed by atoms with Gasteiger partial charge in [-0.05, 0) is 35.9 Å². The van der Waals surface area contributed by atoms with E-state index >= 15 is 0 Å². The lowest BCUT2D eigenvalue weighted by Gasteiger charge is -2.11. The molecule has 0 atom stereocenters. The Kier molecular flexibility index (Phi) is 7.11. The fourth-order valence-electron chi connectivity index (χ4n) is 3.70. The smallest absolute Gasteiger partial charge is 0.352 e. The number of nitrogens with zero attached hydrogens (tertiary/aromatic N) is 3. The van der Waals surface area contributed by atoms with Crippen LogP contribution in [0.1, 0.15) is 35.5 Å². The fourth-order valence-corrected chi connectivity index (χ4v) is 4.47. The average molecular weight is 491 g/mol. The molecule has 9 nitrogen and oxygen atoms in total. The number of rotatable bonds is 9. The van der Waals surface area contributed by atoms with Crippen LogP contribution in [0.5, 0.6) is 5.88 Å². The number of carbonyl (C=O) groups is 3. The number of aromatic nitrogens is 3. The van der Waals surface area contributed by atoms with Crippen molar-refractivity contribution in [2.24, 2.45) is 5.73 Å². The molecule has 35 heavy (non-hydrogen) atoms. The first-order chi connectivity index (χ1) is 16.9. The van der Waals surface area contributed by atoms with Crippen LogP contribution in [0.25, 0.3) is 11.0 Å². The summed E-state index contributed by atoms with van der Waals surface area (Å²) in [5, 5.41) is 0.457. The van der Waals surface area contributed by atoms with E-state index in [-0.39, 0.29) is 16.8 Å². The molecule has 0 radical (unpaired) electrons. The lowest BCUT2D eigenvalue weighted by Crippen LogP contribution is -2.24. The lowest BCUT2D eigenvalue weighted by molar-refractivity contribution is -0.212. The van der Waals surface area contributed by atoms with E-state index in [1.165, 1.54) is 18.7 Å². The van der Waals surface area contributed by atoms with Gasteiger partial charge in [0.1, 0.15) is 5.65 Å². The molecule has 0 saturated heterocycles. The molecule has 0 spiro atoms. The predicted octanol–water partition coefficient (Wildman–Crippen LogP) is 3.72. The summed E-state index contributed by atoms with van der Waals surface area (Å²) in [5.41, 5.74) is 7.26. The molecule has 0 aliphatic carbocycles. The van der Waals surface area contributed by atoms with Crippen LogP contribution in [0.15, 0.2) is 70.7 Å². The zero-order valence-electron chi connectivity index (χ0n) is 19.1. The first-order valence-electron chi connectivity index (χ1n) is 10.8. The molecule has 0 unspecified atom stereocenters. The van der Waals surface area contributed by atoms with Gasteiger partial charge in [0.25, 0.3) is 17.6 Å². The number of fused-ring (bicyclic) bond motifs is 1. The molecule has 0 fully saturated rings. The molecule has 0 bridgehead atoms. The highest BCUT2D eigenvalue weighted by Crippen LogP contribution is 2.36. The molecule has 1 amide bonds. The highest BCUT2D eigenvalue weighted by atomic mass is 32.2. The molecule has 4 rings (SSSR count). The van der Waals surface area contributed by atoms with Gasteiger partial charge in [0.15, 0.2) is 5.16 Å². The number of hydrogen-bond acceptors (Lipinski definition) is 8. The quantitative estimate of drug-likeness (QED) is 0.124. The summed E-state index contributed by atoms with van der Waals surface area (Å²) in [6.45, 7) is 3.39. The molecular formula is C25H22N4O5S. The van der Waals surface area contributed by atoms with Gasteiger partial charge in [-0.3, -0.25) is 14.5 Å². The number of hydrogen-bond donors (Lipinski definition) is 1. The molecule has 4 aromatic rings. The van der Waals surface area contributed by atoms with Gasteiger partial charge in [0, 0.05) is 24.1 Å². The number of carbonyl (C=O) groups excluding carboxylic acids is 3. The van der Waals surface area contributed by atoms with Crippen molar-refractivity contribution in [2.75, 3.05) is 0 Å². The van der Waals surface area contributed by atoms with Gasteiger partial charge in [-0.2, -0.15) is 4.98 Å². The van der Waals surface area contributed by atoms with Crippen molar-refractivity contribution >= 4 is 40.5 Å². The first kappa shape index (κ1) is 24.0. The summed E-state index contributed by atoms with van der Waals surface area (Å²) >= 11 is 1.27. The van der Waals surface area contributed by atoms with Crippen LogP contribution in [0.4, 0.5) is 0 Å². The molecule has 2 aromatic heterocycles. The highest BCUT2D eigenvalue weighted by Gasteiger charge is 2.30. The normalized spacial score (nSPS) is 10.8. The fraction of sp³-hybridized carbons (Fsp3) is 0.160. The van der Waals surface area contributed by atoms with Crippen LogP contribution in [0.2, 0.25) is 0 Å². The zero-order valence-corrected chi connectivity index (χ0v) is 19.9. The van der Waals surface area contributed by atoms with Crippen molar-refractivity contribution in [1.29, 1.82) is 0 Å². The van der Waals surface area contributed by atoms with E-state index in [0.29, 0.717) is 29.5 Å². The molecule has 2 N–H and O–H groups in total. The van der Waals surface area contributed by atoms with Crippen molar-refractivity contribution in [3.05, 3.63) is 77.5 Å². The number of amides is 1. The van der Waals surface area contributed by atoms with Crippen molar-refractivity contribution in [3.8, 4) is 5.88 Å². The van der Waals surface area contributed by atoms with Gasteiger partial charge < -0.3 is 10.3 Å². The maximum Gasteiger partial charge on any atom is 0.352 e. The van der Waals surface area contributed by atoms with E-state index in [0.717, 1.165) is 10.5 Å². The third-order valence-corrected chi connectivity index (χ3v) is 5.99. The molecule has 2 aromatic carbocycles. The van der Waals surface area contributed by atoms with Crippen LogP contribution in [-0.2, 0) is 27.4 Å². The van der Waals surface area contributed by atoms with E-state index in [2.05, 4.69) is 4.98 Å². The van der Waals surface area contributed by atoms with E-state index < -0.39 is 17.7 Å². The summed E-state index contributed by atoms with van der Waals surface area (Å²) in [7, 11) is 0. The number of benzene rings is 2. The largest absolute Gasteiger partial charge is 0.363 e. The van der Waals surface area contributed by atoms with E-state index in [4.69, 9.17) is 20.5 Å². The Hall–Kier alpha value is -4.18. The van der Waals surface area contributed by atoms with Gasteiger partial charge in [0.05, 0.1) is 10.9 Å². The molecule has 0 aliphatic heterocycles. The van der Waals surface area contributed by atoms with Crippen LogP contribution < -0.4 is 10.6 Å². The first-order valence-corrected chi connectivity index (χ1v) is 11.6. The minimum absolute atomic E-state index is 0.0318.